The van der Waals surface area contributed by atoms with Crippen LogP contribution >= 0.6 is 11.3 Å². The van der Waals surface area contributed by atoms with Crippen molar-refractivity contribution in [3.8, 4) is 16.9 Å². The largest absolute Gasteiger partial charge is 0.316 e. The first-order chi connectivity index (χ1) is 14.6. The summed E-state index contributed by atoms with van der Waals surface area (Å²) in [5.74, 6) is -0.155. The van der Waals surface area contributed by atoms with Crippen molar-refractivity contribution in [2.24, 2.45) is 12.0 Å². The number of benzene rings is 1. The molecule has 4 aromatic rings. The topological polar surface area (TPSA) is 95.8 Å². The second-order valence-corrected chi connectivity index (χ2v) is 8.19. The van der Waals surface area contributed by atoms with Gasteiger partial charge in [0.25, 0.3) is 5.91 Å². The number of hydrogen-bond acceptors (Lipinski definition) is 6. The fourth-order valence-corrected chi connectivity index (χ4v) is 5.08. The Morgan fingerprint density at radius 1 is 1.23 bits per heavy atom. The van der Waals surface area contributed by atoms with Crippen molar-refractivity contribution >= 4 is 17.2 Å². The van der Waals surface area contributed by atoms with Gasteiger partial charge in [0.15, 0.2) is 4.80 Å². The quantitative estimate of drug-likeness (QED) is 0.501. The predicted molar refractivity (Wildman–Crippen MR) is 111 cm³/mol. The number of rotatable bonds is 4. The van der Waals surface area contributed by atoms with E-state index in [1.54, 1.807) is 16.0 Å². The van der Waals surface area contributed by atoms with Gasteiger partial charge < -0.3 is 4.57 Å². The van der Waals surface area contributed by atoms with Gasteiger partial charge in [0.2, 0.25) is 0 Å². The van der Waals surface area contributed by atoms with Crippen molar-refractivity contribution < 1.29 is 4.79 Å². The lowest BCUT2D eigenvalue weighted by Crippen LogP contribution is -2.18. The summed E-state index contributed by atoms with van der Waals surface area (Å²) in [6, 6.07) is 7.58. The highest BCUT2D eigenvalue weighted by Crippen LogP contribution is 2.34. The van der Waals surface area contributed by atoms with Gasteiger partial charge in [0, 0.05) is 29.7 Å². The molecule has 1 aromatic carbocycles. The van der Waals surface area contributed by atoms with E-state index in [2.05, 4.69) is 37.1 Å². The Morgan fingerprint density at radius 2 is 2.07 bits per heavy atom. The number of carbonyl (C=O) groups is 1. The molecule has 30 heavy (non-hydrogen) atoms. The van der Waals surface area contributed by atoms with Crippen LogP contribution in [0.4, 0.5) is 0 Å². The Kier molecular flexibility index (Phi) is 4.62. The molecule has 0 spiro atoms. The van der Waals surface area contributed by atoms with E-state index in [1.165, 1.54) is 16.9 Å². The first kappa shape index (κ1) is 18.6. The molecule has 3 aromatic heterocycles. The van der Waals surface area contributed by atoms with Crippen molar-refractivity contribution in [2.75, 3.05) is 0 Å². The van der Waals surface area contributed by atoms with E-state index in [4.69, 9.17) is 0 Å². The molecule has 0 saturated carbocycles. The molecule has 10 heteroatoms. The van der Waals surface area contributed by atoms with E-state index in [1.807, 2.05) is 42.2 Å². The smallest absolute Gasteiger partial charge is 0.252 e. The third-order valence-corrected chi connectivity index (χ3v) is 6.46. The fourth-order valence-electron chi connectivity index (χ4n) is 3.86. The van der Waals surface area contributed by atoms with Crippen molar-refractivity contribution in [1.29, 1.82) is 0 Å². The molecule has 0 aliphatic heterocycles. The van der Waals surface area contributed by atoms with Crippen molar-refractivity contribution in [3.63, 3.8) is 0 Å². The summed E-state index contributed by atoms with van der Waals surface area (Å²) in [6.45, 7) is 2.84. The maximum Gasteiger partial charge on any atom is 0.252 e. The van der Waals surface area contributed by atoms with Gasteiger partial charge in [0.05, 0.1) is 24.0 Å². The van der Waals surface area contributed by atoms with Crippen LogP contribution in [0, 0.1) is 0 Å². The summed E-state index contributed by atoms with van der Waals surface area (Å²) in [5, 5.41) is 15.5. The molecule has 0 radical (unpaired) electrons. The third-order valence-electron chi connectivity index (χ3n) is 5.33. The maximum absolute atomic E-state index is 12.7. The van der Waals surface area contributed by atoms with Crippen LogP contribution in [0.2, 0.25) is 0 Å². The van der Waals surface area contributed by atoms with Gasteiger partial charge in [0.1, 0.15) is 6.33 Å². The Hall–Kier alpha value is -3.40. The standard InChI is InChI=1S/C20H20N8OS/c1-3-27-19-15-11-22-26(2)16(15)8-9-17(19)30-20(27)23-18(29)10-13-4-6-14(7-5-13)28-12-21-24-25-28/h4-7,11-12H,3,8-10H2,1-2H3. The number of aryl methyl sites for hydroxylation is 2. The van der Waals surface area contributed by atoms with Gasteiger partial charge in [-0.05, 0) is 47.9 Å². The van der Waals surface area contributed by atoms with E-state index < -0.39 is 0 Å². The van der Waals surface area contributed by atoms with Crippen LogP contribution in [0.1, 0.15) is 23.1 Å². The van der Waals surface area contributed by atoms with E-state index >= 15 is 0 Å². The zero-order valence-electron chi connectivity index (χ0n) is 16.7. The molecule has 1 aliphatic carbocycles. The number of amides is 1. The van der Waals surface area contributed by atoms with Crippen LogP contribution in [0.15, 0.2) is 41.8 Å². The van der Waals surface area contributed by atoms with E-state index in [0.29, 0.717) is 0 Å². The Labute approximate surface area is 176 Å². The number of tetrazole rings is 1. The minimum atomic E-state index is -0.155. The number of carbonyl (C=O) groups excluding carboxylic acids is 1. The van der Waals surface area contributed by atoms with Crippen LogP contribution in [0.5, 0.6) is 0 Å². The first-order valence-electron chi connectivity index (χ1n) is 9.77. The minimum Gasteiger partial charge on any atom is -0.316 e. The van der Waals surface area contributed by atoms with Gasteiger partial charge in [-0.1, -0.05) is 12.1 Å². The monoisotopic (exact) mass is 420 g/mol. The van der Waals surface area contributed by atoms with Crippen LogP contribution < -0.4 is 4.80 Å². The molecule has 152 valence electrons. The summed E-state index contributed by atoms with van der Waals surface area (Å²) in [4.78, 5) is 19.2. The molecule has 1 amide bonds. The molecule has 3 heterocycles. The minimum absolute atomic E-state index is 0.155. The van der Waals surface area contributed by atoms with Crippen LogP contribution in [-0.4, -0.2) is 40.5 Å². The highest BCUT2D eigenvalue weighted by atomic mass is 32.1. The van der Waals surface area contributed by atoms with Crippen LogP contribution in [0.3, 0.4) is 0 Å². The van der Waals surface area contributed by atoms with E-state index in [-0.39, 0.29) is 12.3 Å². The number of hydrogen-bond donors (Lipinski definition) is 0. The van der Waals surface area contributed by atoms with Gasteiger partial charge in [-0.25, -0.2) is 4.68 Å². The summed E-state index contributed by atoms with van der Waals surface area (Å²) in [5.41, 5.74) is 5.30. The molecule has 0 fully saturated rings. The van der Waals surface area contributed by atoms with Crippen LogP contribution in [0.25, 0.3) is 16.9 Å². The Bertz CT molecular complexity index is 1280. The second-order valence-electron chi connectivity index (χ2n) is 7.13. The molecule has 0 bridgehead atoms. The zero-order valence-corrected chi connectivity index (χ0v) is 17.5. The molecule has 0 N–H and O–H groups in total. The second kappa shape index (κ2) is 7.45. The SMILES string of the molecule is CCn1c2c(sc1=NC(=O)Cc1ccc(-n3cnnn3)cc1)CCc1c-2cnn1C. The molecule has 1 aliphatic rings. The predicted octanol–water partition coefficient (Wildman–Crippen LogP) is 1.71. The Morgan fingerprint density at radius 3 is 2.80 bits per heavy atom. The third kappa shape index (κ3) is 3.18. The lowest BCUT2D eigenvalue weighted by atomic mass is 10.00. The molecule has 0 unspecified atom stereocenters. The number of nitrogens with zero attached hydrogens (tertiary/aromatic N) is 8. The number of fused-ring (bicyclic) bond motifs is 3. The fraction of sp³-hybridized carbons (Fsp3) is 0.300. The number of thiazole rings is 1. The van der Waals surface area contributed by atoms with Gasteiger partial charge >= 0.3 is 0 Å². The molecule has 0 saturated heterocycles. The normalized spacial score (nSPS) is 13.3. The van der Waals surface area contributed by atoms with E-state index in [0.717, 1.165) is 46.7 Å². The van der Waals surface area contributed by atoms with E-state index in [9.17, 15) is 4.79 Å². The molecular weight excluding hydrogens is 400 g/mol. The molecule has 9 nitrogen and oxygen atoms in total. The summed E-state index contributed by atoms with van der Waals surface area (Å²) >= 11 is 1.61. The average molecular weight is 421 g/mol. The van der Waals surface area contributed by atoms with Gasteiger partial charge in [-0.15, -0.1) is 16.4 Å². The van der Waals surface area contributed by atoms with Gasteiger partial charge in [-0.3, -0.25) is 9.48 Å². The van der Waals surface area contributed by atoms with Crippen molar-refractivity contribution in [2.45, 2.75) is 32.7 Å². The van der Waals surface area contributed by atoms with Crippen molar-refractivity contribution in [1.82, 2.24) is 34.6 Å². The highest BCUT2D eigenvalue weighted by molar-refractivity contribution is 7.09. The highest BCUT2D eigenvalue weighted by Gasteiger charge is 2.25. The molecule has 5 rings (SSSR count). The average Bonchev–Trinajstić information content (AvgIpc) is 3.47. The summed E-state index contributed by atoms with van der Waals surface area (Å²) in [6.07, 6.45) is 5.62. The number of aromatic nitrogens is 7. The maximum atomic E-state index is 12.7. The lowest BCUT2D eigenvalue weighted by Gasteiger charge is -2.15. The zero-order chi connectivity index (χ0) is 20.7. The lowest BCUT2D eigenvalue weighted by molar-refractivity contribution is -0.117. The Balaban J connectivity index is 1.43. The van der Waals surface area contributed by atoms with Crippen molar-refractivity contribution in [3.05, 3.63) is 57.7 Å². The molecular formula is C20H20N8OS. The summed E-state index contributed by atoms with van der Waals surface area (Å²) < 4.78 is 5.65. The van der Waals surface area contributed by atoms with Crippen LogP contribution in [-0.2, 0) is 37.6 Å². The molecule has 0 atom stereocenters. The first-order valence-corrected chi connectivity index (χ1v) is 10.6. The summed E-state index contributed by atoms with van der Waals surface area (Å²) in [7, 11) is 1.98. The van der Waals surface area contributed by atoms with Gasteiger partial charge in [-0.2, -0.15) is 10.1 Å².